The van der Waals surface area contributed by atoms with E-state index in [0.717, 1.165) is 17.8 Å². The van der Waals surface area contributed by atoms with Crippen LogP contribution in [0.15, 0.2) is 42.6 Å². The molecule has 1 rings (SSSR count). The Labute approximate surface area is 135 Å². The lowest BCUT2D eigenvalue weighted by molar-refractivity contribution is -0.138. The summed E-state index contributed by atoms with van der Waals surface area (Å²) in [5.41, 5.74) is -0.923. The number of amides is 1. The minimum absolute atomic E-state index is 0.0137. The van der Waals surface area contributed by atoms with Gasteiger partial charge in [0.15, 0.2) is 0 Å². The quantitative estimate of drug-likeness (QED) is 0.549. The van der Waals surface area contributed by atoms with Gasteiger partial charge in [-0.05, 0) is 6.07 Å². The fourth-order valence-electron chi connectivity index (χ4n) is 1.50. The van der Waals surface area contributed by atoms with Gasteiger partial charge in [-0.1, -0.05) is 35.5 Å². The largest absolute Gasteiger partial charge is 0.417 e. The van der Waals surface area contributed by atoms with Gasteiger partial charge >= 0.3 is 6.18 Å². The van der Waals surface area contributed by atoms with Crippen LogP contribution in [0.4, 0.5) is 13.2 Å². The highest BCUT2D eigenvalue weighted by Crippen LogP contribution is 2.33. The summed E-state index contributed by atoms with van der Waals surface area (Å²) in [4.78, 5) is 17.2. The van der Waals surface area contributed by atoms with Gasteiger partial charge in [-0.2, -0.15) is 13.2 Å². The molecular weight excluding hydrogens is 337 g/mol. The first-order valence-electron chi connectivity index (χ1n) is 6.14. The van der Waals surface area contributed by atoms with Gasteiger partial charge in [0.1, 0.15) is 5.03 Å². The average molecular weight is 351 g/mol. The third kappa shape index (κ3) is 5.38. The van der Waals surface area contributed by atoms with Crippen LogP contribution in [0, 0.1) is 0 Å². The van der Waals surface area contributed by atoms with Crippen molar-refractivity contribution in [3.8, 4) is 0 Å². The molecule has 1 aromatic rings. The Morgan fingerprint density at radius 1 is 1.36 bits per heavy atom. The first-order valence-corrected chi connectivity index (χ1v) is 7.51. The molecule has 0 aliphatic heterocycles. The van der Waals surface area contributed by atoms with E-state index in [2.05, 4.69) is 18.1 Å². The first-order chi connectivity index (χ1) is 10.3. The van der Waals surface area contributed by atoms with Crippen molar-refractivity contribution in [2.75, 3.05) is 18.8 Å². The number of hydrogen-bond donors (Lipinski definition) is 0. The Morgan fingerprint density at radius 3 is 2.41 bits per heavy atom. The molecule has 0 bridgehead atoms. The molecule has 0 radical (unpaired) electrons. The molecule has 3 nitrogen and oxygen atoms in total. The topological polar surface area (TPSA) is 33.2 Å². The average Bonchev–Trinajstić information content (AvgIpc) is 2.44. The SMILES string of the molecule is C=CCN(CC=C)C(=O)CSc1ncc(C(F)(F)F)cc1Cl. The van der Waals surface area contributed by atoms with Crippen molar-refractivity contribution in [2.24, 2.45) is 0 Å². The lowest BCUT2D eigenvalue weighted by Crippen LogP contribution is -2.32. The zero-order valence-electron chi connectivity index (χ0n) is 11.6. The van der Waals surface area contributed by atoms with Gasteiger partial charge in [0.2, 0.25) is 5.91 Å². The predicted octanol–water partition coefficient (Wildman–Crippen LogP) is 4.05. The number of hydrogen-bond acceptors (Lipinski definition) is 3. The van der Waals surface area contributed by atoms with E-state index in [-0.39, 0.29) is 21.7 Å². The second-order valence-electron chi connectivity index (χ2n) is 4.17. The summed E-state index contributed by atoms with van der Waals surface area (Å²) in [5.74, 6) is -0.192. The highest BCUT2D eigenvalue weighted by molar-refractivity contribution is 8.00. The smallest absolute Gasteiger partial charge is 0.335 e. The van der Waals surface area contributed by atoms with Gasteiger partial charge in [0, 0.05) is 19.3 Å². The second kappa shape index (κ2) is 8.24. The minimum Gasteiger partial charge on any atom is -0.335 e. The summed E-state index contributed by atoms with van der Waals surface area (Å²) in [5, 5.41) is 0.0480. The summed E-state index contributed by atoms with van der Waals surface area (Å²) >= 11 is 6.76. The van der Waals surface area contributed by atoms with Crippen LogP contribution in [-0.2, 0) is 11.0 Å². The maximum Gasteiger partial charge on any atom is 0.417 e. The molecule has 0 saturated heterocycles. The Hall–Kier alpha value is -1.47. The molecule has 120 valence electrons. The third-order valence-electron chi connectivity index (χ3n) is 2.52. The number of alkyl halides is 3. The van der Waals surface area contributed by atoms with Crippen LogP contribution in [0.2, 0.25) is 5.02 Å². The highest BCUT2D eigenvalue weighted by Gasteiger charge is 2.31. The molecule has 0 aliphatic carbocycles. The molecule has 0 atom stereocenters. The zero-order valence-corrected chi connectivity index (χ0v) is 13.1. The third-order valence-corrected chi connectivity index (χ3v) is 3.91. The van der Waals surface area contributed by atoms with Crippen LogP contribution >= 0.6 is 23.4 Å². The van der Waals surface area contributed by atoms with Gasteiger partial charge in [0.25, 0.3) is 0 Å². The molecule has 1 amide bonds. The summed E-state index contributed by atoms with van der Waals surface area (Å²) < 4.78 is 37.5. The van der Waals surface area contributed by atoms with Crippen LogP contribution in [-0.4, -0.2) is 34.6 Å². The standard InChI is InChI=1S/C14H14ClF3N2OS/c1-3-5-20(6-4-2)12(21)9-22-13-11(15)7-10(8-19-13)14(16,17)18/h3-4,7-8H,1-2,5-6,9H2. The molecular formula is C14H14ClF3N2OS. The van der Waals surface area contributed by atoms with Crippen LogP contribution < -0.4 is 0 Å². The molecule has 22 heavy (non-hydrogen) atoms. The maximum absolute atomic E-state index is 12.5. The van der Waals surface area contributed by atoms with Crippen molar-refractivity contribution >= 4 is 29.3 Å². The normalized spacial score (nSPS) is 11.1. The van der Waals surface area contributed by atoms with E-state index in [1.165, 1.54) is 4.90 Å². The second-order valence-corrected chi connectivity index (χ2v) is 5.54. The molecule has 1 aromatic heterocycles. The number of pyridine rings is 1. The summed E-state index contributed by atoms with van der Waals surface area (Å²) in [6.07, 6.45) is -0.644. The van der Waals surface area contributed by atoms with E-state index in [1.807, 2.05) is 0 Å². The van der Waals surface area contributed by atoms with Crippen LogP contribution in [0.1, 0.15) is 5.56 Å². The molecule has 1 heterocycles. The molecule has 0 aromatic carbocycles. The molecule has 0 unspecified atom stereocenters. The highest BCUT2D eigenvalue weighted by atomic mass is 35.5. The van der Waals surface area contributed by atoms with Gasteiger partial charge < -0.3 is 4.90 Å². The van der Waals surface area contributed by atoms with Gasteiger partial charge in [0.05, 0.1) is 16.3 Å². The summed E-state index contributed by atoms with van der Waals surface area (Å²) in [6, 6.07) is 0.798. The maximum atomic E-state index is 12.5. The molecule has 0 N–H and O–H groups in total. The van der Waals surface area contributed by atoms with Crippen LogP contribution in [0.25, 0.3) is 0 Å². The monoisotopic (exact) mass is 350 g/mol. The lowest BCUT2D eigenvalue weighted by Gasteiger charge is -2.19. The Balaban J connectivity index is 2.73. The Morgan fingerprint density at radius 2 is 1.95 bits per heavy atom. The Bertz CT molecular complexity index is 554. The van der Waals surface area contributed by atoms with Crippen molar-refractivity contribution < 1.29 is 18.0 Å². The number of carbonyl (C=O) groups is 1. The van der Waals surface area contributed by atoms with Crippen LogP contribution in [0.5, 0.6) is 0 Å². The van der Waals surface area contributed by atoms with E-state index in [0.29, 0.717) is 19.3 Å². The van der Waals surface area contributed by atoms with E-state index < -0.39 is 11.7 Å². The number of carbonyl (C=O) groups excluding carboxylic acids is 1. The molecule has 0 aliphatic rings. The van der Waals surface area contributed by atoms with E-state index in [1.54, 1.807) is 12.2 Å². The predicted molar refractivity (Wildman–Crippen MR) is 81.9 cm³/mol. The number of thioether (sulfide) groups is 1. The number of nitrogens with zero attached hydrogens (tertiary/aromatic N) is 2. The number of halogens is 4. The molecule has 0 fully saturated rings. The number of aromatic nitrogens is 1. The fourth-order valence-corrected chi connectivity index (χ4v) is 2.59. The van der Waals surface area contributed by atoms with Gasteiger partial charge in [-0.25, -0.2) is 4.98 Å². The summed E-state index contributed by atoms with van der Waals surface area (Å²) in [7, 11) is 0. The minimum atomic E-state index is -4.50. The van der Waals surface area contributed by atoms with Crippen molar-refractivity contribution in [2.45, 2.75) is 11.2 Å². The first kappa shape index (κ1) is 18.6. The summed E-state index contributed by atoms with van der Waals surface area (Å²) in [6.45, 7) is 7.83. The Kier molecular flexibility index (Phi) is 6.96. The van der Waals surface area contributed by atoms with Crippen molar-refractivity contribution in [1.82, 2.24) is 9.88 Å². The van der Waals surface area contributed by atoms with Crippen molar-refractivity contribution in [3.63, 3.8) is 0 Å². The molecule has 8 heteroatoms. The molecule has 0 spiro atoms. The van der Waals surface area contributed by atoms with E-state index in [9.17, 15) is 18.0 Å². The number of rotatable bonds is 7. The van der Waals surface area contributed by atoms with Gasteiger partial charge in [-0.3, -0.25) is 4.79 Å². The van der Waals surface area contributed by atoms with E-state index >= 15 is 0 Å². The molecule has 0 saturated carbocycles. The zero-order chi connectivity index (χ0) is 16.8. The van der Waals surface area contributed by atoms with Crippen LogP contribution in [0.3, 0.4) is 0 Å². The lowest BCUT2D eigenvalue weighted by atomic mass is 10.3. The fraction of sp³-hybridized carbons (Fsp3) is 0.286. The van der Waals surface area contributed by atoms with Crippen molar-refractivity contribution in [1.29, 1.82) is 0 Å². The van der Waals surface area contributed by atoms with Gasteiger partial charge in [-0.15, -0.1) is 13.2 Å². The van der Waals surface area contributed by atoms with Crippen molar-refractivity contribution in [3.05, 3.63) is 48.2 Å². The van der Waals surface area contributed by atoms with E-state index in [4.69, 9.17) is 11.6 Å².